The van der Waals surface area contributed by atoms with Gasteiger partial charge < -0.3 is 4.52 Å². The van der Waals surface area contributed by atoms with Gasteiger partial charge in [-0.25, -0.2) is 0 Å². The molecule has 0 N–H and O–H groups in total. The fourth-order valence-electron chi connectivity index (χ4n) is 1.63. The van der Waals surface area contributed by atoms with Gasteiger partial charge in [-0.1, -0.05) is 109 Å². The summed E-state index contributed by atoms with van der Waals surface area (Å²) in [6.07, 6.45) is 0. The van der Waals surface area contributed by atoms with Crippen LogP contribution in [0.5, 0.6) is 0 Å². The lowest BCUT2D eigenvalue weighted by atomic mass is 10.2. The van der Waals surface area contributed by atoms with Crippen molar-refractivity contribution in [2.75, 3.05) is 0 Å². The van der Waals surface area contributed by atoms with Gasteiger partial charge in [0.2, 0.25) is 5.82 Å². The Morgan fingerprint density at radius 3 is 1.40 bits per heavy atom. The summed E-state index contributed by atoms with van der Waals surface area (Å²) in [4.78, 5) is 4.37. The van der Waals surface area contributed by atoms with Crippen molar-refractivity contribution < 1.29 is 4.52 Å². The van der Waals surface area contributed by atoms with E-state index >= 15 is 0 Å². The number of hydrogen-bond donors (Lipinski definition) is 0. The molecule has 0 aliphatic carbocycles. The van der Waals surface area contributed by atoms with Gasteiger partial charge in [-0.15, -0.1) is 0 Å². The Labute approximate surface area is 154 Å². The van der Waals surface area contributed by atoms with Gasteiger partial charge in [-0.05, 0) is 12.1 Å². The first kappa shape index (κ1) is 24.8. The standard InChI is InChI=1S/C14H10N2O.4C2H6/c1-3-7-11(8-4-1)13-15-14(17-16-13)12-9-5-2-6-10-12;4*1-2/h1-10H;4*1-2H3. The van der Waals surface area contributed by atoms with Crippen LogP contribution in [0.3, 0.4) is 0 Å². The van der Waals surface area contributed by atoms with Gasteiger partial charge in [0, 0.05) is 11.1 Å². The quantitative estimate of drug-likeness (QED) is 0.483. The molecule has 0 amide bonds. The molecule has 0 saturated carbocycles. The van der Waals surface area contributed by atoms with Crippen LogP contribution < -0.4 is 0 Å². The fraction of sp³-hybridized carbons (Fsp3) is 0.364. The van der Waals surface area contributed by atoms with Crippen molar-refractivity contribution in [2.45, 2.75) is 55.4 Å². The maximum Gasteiger partial charge on any atom is 0.258 e. The minimum atomic E-state index is 0.546. The molecule has 0 fully saturated rings. The van der Waals surface area contributed by atoms with E-state index in [1.807, 2.05) is 116 Å². The summed E-state index contributed by atoms with van der Waals surface area (Å²) < 4.78 is 5.24. The summed E-state index contributed by atoms with van der Waals surface area (Å²) in [6, 6.07) is 19.5. The molecular weight excluding hydrogens is 308 g/mol. The summed E-state index contributed by atoms with van der Waals surface area (Å²) in [7, 11) is 0. The third-order valence-corrected chi connectivity index (χ3v) is 2.48. The highest BCUT2D eigenvalue weighted by Gasteiger charge is 2.09. The first-order valence-corrected chi connectivity index (χ1v) is 9.38. The molecule has 0 bridgehead atoms. The van der Waals surface area contributed by atoms with Gasteiger partial charge in [-0.3, -0.25) is 0 Å². The van der Waals surface area contributed by atoms with Crippen LogP contribution in [0.15, 0.2) is 65.2 Å². The van der Waals surface area contributed by atoms with E-state index in [4.69, 9.17) is 4.52 Å². The second-order valence-corrected chi connectivity index (χ2v) is 3.66. The summed E-state index contributed by atoms with van der Waals surface area (Å²) in [6.45, 7) is 16.0. The van der Waals surface area contributed by atoms with Crippen LogP contribution in [0.25, 0.3) is 22.8 Å². The van der Waals surface area contributed by atoms with E-state index in [2.05, 4.69) is 10.1 Å². The second-order valence-electron chi connectivity index (χ2n) is 3.66. The number of nitrogens with zero attached hydrogens (tertiary/aromatic N) is 2. The van der Waals surface area contributed by atoms with Crippen LogP contribution in [0.2, 0.25) is 0 Å². The van der Waals surface area contributed by atoms with Crippen molar-refractivity contribution in [1.29, 1.82) is 0 Å². The van der Waals surface area contributed by atoms with E-state index in [-0.39, 0.29) is 0 Å². The lowest BCUT2D eigenvalue weighted by Gasteiger charge is -1.91. The lowest BCUT2D eigenvalue weighted by molar-refractivity contribution is 0.432. The number of aromatic nitrogens is 2. The van der Waals surface area contributed by atoms with Crippen LogP contribution in [0.4, 0.5) is 0 Å². The molecule has 0 saturated heterocycles. The average Bonchev–Trinajstić information content (AvgIpc) is 3.26. The van der Waals surface area contributed by atoms with Crippen LogP contribution in [0, 0.1) is 0 Å². The minimum absolute atomic E-state index is 0.546. The second kappa shape index (κ2) is 17.9. The van der Waals surface area contributed by atoms with Gasteiger partial charge in [0.1, 0.15) is 0 Å². The fourth-order valence-corrected chi connectivity index (χ4v) is 1.63. The highest BCUT2D eigenvalue weighted by atomic mass is 16.5. The molecular formula is C22H34N2O. The lowest BCUT2D eigenvalue weighted by Crippen LogP contribution is -1.80. The molecule has 3 aromatic rings. The average molecular weight is 343 g/mol. The predicted molar refractivity (Wildman–Crippen MR) is 111 cm³/mol. The van der Waals surface area contributed by atoms with Crippen molar-refractivity contribution in [2.24, 2.45) is 0 Å². The molecule has 3 nitrogen and oxygen atoms in total. The van der Waals surface area contributed by atoms with Crippen LogP contribution >= 0.6 is 0 Å². The van der Waals surface area contributed by atoms with E-state index in [9.17, 15) is 0 Å². The van der Waals surface area contributed by atoms with Crippen LogP contribution in [-0.4, -0.2) is 10.1 Å². The normalized spacial score (nSPS) is 8.00. The highest BCUT2D eigenvalue weighted by Crippen LogP contribution is 2.21. The van der Waals surface area contributed by atoms with Gasteiger partial charge in [0.15, 0.2) is 0 Å². The maximum atomic E-state index is 5.24. The Morgan fingerprint density at radius 1 is 0.560 bits per heavy atom. The van der Waals surface area contributed by atoms with Crippen LogP contribution in [-0.2, 0) is 0 Å². The third-order valence-electron chi connectivity index (χ3n) is 2.48. The molecule has 0 radical (unpaired) electrons. The summed E-state index contributed by atoms with van der Waals surface area (Å²) in [5, 5.41) is 3.98. The number of rotatable bonds is 2. The molecule has 1 heterocycles. The van der Waals surface area contributed by atoms with Crippen molar-refractivity contribution >= 4 is 0 Å². The van der Waals surface area contributed by atoms with Crippen molar-refractivity contribution in [3.63, 3.8) is 0 Å². The zero-order valence-corrected chi connectivity index (χ0v) is 17.1. The molecule has 0 spiro atoms. The van der Waals surface area contributed by atoms with Gasteiger partial charge in [0.25, 0.3) is 5.89 Å². The summed E-state index contributed by atoms with van der Waals surface area (Å²) >= 11 is 0. The zero-order chi connectivity index (χ0) is 19.5. The monoisotopic (exact) mass is 342 g/mol. The van der Waals surface area contributed by atoms with Gasteiger partial charge >= 0.3 is 0 Å². The minimum Gasteiger partial charge on any atom is -0.334 e. The molecule has 138 valence electrons. The molecule has 1 aromatic heterocycles. The van der Waals surface area contributed by atoms with Gasteiger partial charge in [-0.2, -0.15) is 4.98 Å². The van der Waals surface area contributed by atoms with E-state index in [1.54, 1.807) is 0 Å². The third kappa shape index (κ3) is 8.85. The predicted octanol–water partition coefficient (Wildman–Crippen LogP) is 7.51. The molecule has 25 heavy (non-hydrogen) atoms. The first-order valence-electron chi connectivity index (χ1n) is 9.38. The van der Waals surface area contributed by atoms with Crippen molar-refractivity contribution in [1.82, 2.24) is 10.1 Å². The Kier molecular flexibility index (Phi) is 17.8. The van der Waals surface area contributed by atoms with E-state index in [0.29, 0.717) is 11.7 Å². The molecule has 0 aliphatic rings. The van der Waals surface area contributed by atoms with E-state index < -0.39 is 0 Å². The SMILES string of the molecule is CC.CC.CC.CC.c1ccc(-c2noc(-c3ccccc3)n2)cc1. The molecule has 0 atom stereocenters. The van der Waals surface area contributed by atoms with Gasteiger partial charge in [0.05, 0.1) is 0 Å². The number of hydrogen-bond acceptors (Lipinski definition) is 3. The maximum absolute atomic E-state index is 5.24. The topological polar surface area (TPSA) is 38.9 Å². The summed E-state index contributed by atoms with van der Waals surface area (Å²) in [5.41, 5.74) is 1.89. The number of benzene rings is 2. The molecule has 2 aromatic carbocycles. The Morgan fingerprint density at radius 2 is 0.960 bits per heavy atom. The molecule has 0 unspecified atom stereocenters. The Balaban J connectivity index is 0. The van der Waals surface area contributed by atoms with Crippen molar-refractivity contribution in [3.05, 3.63) is 60.7 Å². The molecule has 0 aliphatic heterocycles. The largest absolute Gasteiger partial charge is 0.334 e. The molecule has 3 rings (SSSR count). The zero-order valence-electron chi connectivity index (χ0n) is 17.1. The Hall–Kier alpha value is -2.42. The van der Waals surface area contributed by atoms with Crippen molar-refractivity contribution in [3.8, 4) is 22.8 Å². The summed E-state index contributed by atoms with van der Waals surface area (Å²) in [5.74, 6) is 1.16. The Bertz CT molecular complexity index is 550. The molecule has 3 heteroatoms. The highest BCUT2D eigenvalue weighted by molar-refractivity contribution is 5.59. The first-order chi connectivity index (χ1) is 12.4. The van der Waals surface area contributed by atoms with E-state index in [1.165, 1.54) is 0 Å². The van der Waals surface area contributed by atoms with Crippen LogP contribution in [0.1, 0.15) is 55.4 Å². The smallest absolute Gasteiger partial charge is 0.258 e. The van der Waals surface area contributed by atoms with E-state index in [0.717, 1.165) is 11.1 Å².